The third-order valence-corrected chi connectivity index (χ3v) is 7.60. The fourth-order valence-corrected chi connectivity index (χ4v) is 5.66. The molecule has 1 aromatic carbocycles. The van der Waals surface area contributed by atoms with E-state index in [0.717, 1.165) is 5.70 Å². The summed E-state index contributed by atoms with van der Waals surface area (Å²) >= 11 is 4.88. The number of carbonyl (C=O) groups is 2. The zero-order valence-corrected chi connectivity index (χ0v) is 21.2. The molecule has 1 aliphatic carbocycles. The Labute approximate surface area is 209 Å². The number of halogens is 2. The molecule has 1 atom stereocenters. The van der Waals surface area contributed by atoms with Crippen molar-refractivity contribution in [1.29, 1.82) is 0 Å². The van der Waals surface area contributed by atoms with Gasteiger partial charge in [0.05, 0.1) is 25.2 Å². The SMILES string of the molecule is CCOC(=O)C1=C(C2CCC(C(=O)OC)CC2)NC(c2nccs2)=NC1c1ccc(F)cc1Br. The van der Waals surface area contributed by atoms with Crippen molar-refractivity contribution in [2.24, 2.45) is 16.8 Å². The van der Waals surface area contributed by atoms with E-state index in [1.54, 1.807) is 19.2 Å². The average Bonchev–Trinajstić information content (AvgIpc) is 3.38. The smallest absolute Gasteiger partial charge is 0.338 e. The Kier molecular flexibility index (Phi) is 7.77. The van der Waals surface area contributed by atoms with Gasteiger partial charge in [0.2, 0.25) is 0 Å². The van der Waals surface area contributed by atoms with Gasteiger partial charge in [-0.2, -0.15) is 0 Å². The molecule has 2 heterocycles. The summed E-state index contributed by atoms with van der Waals surface area (Å²) in [5.74, 6) is -0.666. The highest BCUT2D eigenvalue weighted by molar-refractivity contribution is 9.10. The lowest BCUT2D eigenvalue weighted by atomic mass is 9.78. The predicted molar refractivity (Wildman–Crippen MR) is 130 cm³/mol. The molecule has 0 amide bonds. The number of aromatic nitrogens is 1. The molecule has 0 saturated heterocycles. The molecule has 4 rings (SSSR count). The van der Waals surface area contributed by atoms with Crippen LogP contribution in [0.15, 0.2) is 50.5 Å². The molecule has 0 bridgehead atoms. The maximum atomic E-state index is 13.9. The van der Waals surface area contributed by atoms with Crippen molar-refractivity contribution in [2.45, 2.75) is 38.6 Å². The molecule has 1 saturated carbocycles. The number of ether oxygens (including phenoxy) is 2. The van der Waals surface area contributed by atoms with Gasteiger partial charge < -0.3 is 14.8 Å². The van der Waals surface area contributed by atoms with E-state index in [4.69, 9.17) is 14.5 Å². The Morgan fingerprint density at radius 3 is 2.65 bits per heavy atom. The highest BCUT2D eigenvalue weighted by atomic mass is 79.9. The number of hydrogen-bond donors (Lipinski definition) is 1. The van der Waals surface area contributed by atoms with Crippen molar-refractivity contribution in [1.82, 2.24) is 10.3 Å². The first-order valence-corrected chi connectivity index (χ1v) is 12.8. The van der Waals surface area contributed by atoms with Crippen LogP contribution in [0.3, 0.4) is 0 Å². The summed E-state index contributed by atoms with van der Waals surface area (Å²) in [4.78, 5) is 34.5. The largest absolute Gasteiger partial charge is 0.469 e. The van der Waals surface area contributed by atoms with Gasteiger partial charge in [0.25, 0.3) is 0 Å². The van der Waals surface area contributed by atoms with Crippen LogP contribution in [0, 0.1) is 17.7 Å². The monoisotopic (exact) mass is 549 g/mol. The second-order valence-electron chi connectivity index (χ2n) is 8.13. The van der Waals surface area contributed by atoms with Crippen molar-refractivity contribution in [3.63, 3.8) is 0 Å². The highest BCUT2D eigenvalue weighted by Gasteiger charge is 2.38. The Balaban J connectivity index is 1.80. The molecule has 34 heavy (non-hydrogen) atoms. The van der Waals surface area contributed by atoms with Gasteiger partial charge in [-0.3, -0.25) is 9.79 Å². The molecular formula is C24H25BrFN3O4S. The van der Waals surface area contributed by atoms with Crippen LogP contribution in [-0.4, -0.2) is 36.5 Å². The van der Waals surface area contributed by atoms with Crippen molar-refractivity contribution < 1.29 is 23.5 Å². The number of thiazole rings is 1. The summed E-state index contributed by atoms with van der Waals surface area (Å²) in [6.45, 7) is 1.97. The van der Waals surface area contributed by atoms with Crippen LogP contribution in [0.4, 0.5) is 4.39 Å². The molecule has 1 aliphatic heterocycles. The summed E-state index contributed by atoms with van der Waals surface area (Å²) in [6.07, 6.45) is 4.42. The van der Waals surface area contributed by atoms with E-state index >= 15 is 0 Å². The molecule has 10 heteroatoms. The van der Waals surface area contributed by atoms with E-state index in [2.05, 4.69) is 26.2 Å². The van der Waals surface area contributed by atoms with Crippen molar-refractivity contribution >= 4 is 45.0 Å². The van der Waals surface area contributed by atoms with Gasteiger partial charge in [0.1, 0.15) is 11.9 Å². The second kappa shape index (κ2) is 10.8. The molecule has 0 radical (unpaired) electrons. The average molecular weight is 550 g/mol. The Hall–Kier alpha value is -2.59. The standard InChI is InChI=1S/C24H25BrFN3O4S/c1-3-33-24(31)18-19(13-4-6-14(7-5-13)23(30)32-2)28-21(22-27-10-11-34-22)29-20(18)16-9-8-15(26)12-17(16)25/h8-14,20H,3-7H2,1-2H3,(H,28,29). The van der Waals surface area contributed by atoms with E-state index in [1.807, 2.05) is 5.38 Å². The minimum atomic E-state index is -0.706. The van der Waals surface area contributed by atoms with Gasteiger partial charge in [-0.25, -0.2) is 14.2 Å². The number of rotatable bonds is 6. The number of nitrogens with zero attached hydrogens (tertiary/aromatic N) is 2. The van der Waals surface area contributed by atoms with Crippen LogP contribution in [0.1, 0.15) is 49.2 Å². The quantitative estimate of drug-likeness (QED) is 0.513. The first-order valence-electron chi connectivity index (χ1n) is 11.1. The molecule has 180 valence electrons. The Bertz CT molecular complexity index is 1130. The number of hydrogen-bond acceptors (Lipinski definition) is 8. The number of nitrogens with one attached hydrogen (secondary N) is 1. The molecule has 1 unspecified atom stereocenters. The van der Waals surface area contributed by atoms with Gasteiger partial charge in [-0.05, 0) is 56.2 Å². The van der Waals surface area contributed by atoms with E-state index in [-0.39, 0.29) is 24.4 Å². The maximum Gasteiger partial charge on any atom is 0.338 e. The fraction of sp³-hybridized carbons (Fsp3) is 0.417. The molecule has 2 aromatic rings. The van der Waals surface area contributed by atoms with Crippen LogP contribution in [0.5, 0.6) is 0 Å². The van der Waals surface area contributed by atoms with Gasteiger partial charge in [-0.15, -0.1) is 11.3 Å². The normalized spacial score (nSPS) is 22.6. The van der Waals surface area contributed by atoms with Gasteiger partial charge in [-0.1, -0.05) is 22.0 Å². The number of carbonyl (C=O) groups excluding carboxylic acids is 2. The lowest BCUT2D eigenvalue weighted by Gasteiger charge is -2.34. The molecule has 2 aliphatic rings. The molecule has 7 nitrogen and oxygen atoms in total. The zero-order valence-electron chi connectivity index (χ0n) is 18.8. The number of allylic oxidation sites excluding steroid dienone is 1. The van der Waals surface area contributed by atoms with Crippen LogP contribution in [0.25, 0.3) is 0 Å². The lowest BCUT2D eigenvalue weighted by Crippen LogP contribution is -2.38. The van der Waals surface area contributed by atoms with Gasteiger partial charge in [0, 0.05) is 21.7 Å². The van der Waals surface area contributed by atoms with Crippen LogP contribution in [-0.2, 0) is 19.1 Å². The predicted octanol–water partition coefficient (Wildman–Crippen LogP) is 4.93. The summed E-state index contributed by atoms with van der Waals surface area (Å²) in [6, 6.07) is 3.64. The molecular weight excluding hydrogens is 525 g/mol. The van der Waals surface area contributed by atoms with Gasteiger partial charge in [0.15, 0.2) is 10.8 Å². The minimum absolute atomic E-state index is 0.00695. The van der Waals surface area contributed by atoms with Crippen LogP contribution >= 0.6 is 27.3 Å². The first kappa shape index (κ1) is 24.5. The maximum absolute atomic E-state index is 13.9. The van der Waals surface area contributed by atoms with Crippen molar-refractivity contribution in [2.75, 3.05) is 13.7 Å². The Morgan fingerprint density at radius 2 is 2.03 bits per heavy atom. The van der Waals surface area contributed by atoms with Crippen molar-refractivity contribution in [3.05, 3.63) is 61.9 Å². The topological polar surface area (TPSA) is 89.9 Å². The number of benzene rings is 1. The minimum Gasteiger partial charge on any atom is -0.469 e. The van der Waals surface area contributed by atoms with E-state index in [9.17, 15) is 14.0 Å². The third kappa shape index (κ3) is 5.07. The molecule has 0 spiro atoms. The fourth-order valence-electron chi connectivity index (χ4n) is 4.50. The summed E-state index contributed by atoms with van der Waals surface area (Å²) < 4.78 is 24.7. The van der Waals surface area contributed by atoms with E-state index in [1.165, 1.54) is 30.6 Å². The Morgan fingerprint density at radius 1 is 1.26 bits per heavy atom. The number of amidine groups is 1. The molecule has 1 N–H and O–H groups in total. The van der Waals surface area contributed by atoms with Crippen molar-refractivity contribution in [3.8, 4) is 0 Å². The highest BCUT2D eigenvalue weighted by Crippen LogP contribution is 2.42. The number of aliphatic imine (C=N–C) groups is 1. The summed E-state index contributed by atoms with van der Waals surface area (Å²) in [5, 5.41) is 5.92. The van der Waals surface area contributed by atoms with Crippen LogP contribution < -0.4 is 5.32 Å². The summed E-state index contributed by atoms with van der Waals surface area (Å²) in [7, 11) is 1.40. The second-order valence-corrected chi connectivity index (χ2v) is 9.88. The van der Waals surface area contributed by atoms with Crippen LogP contribution in [0.2, 0.25) is 0 Å². The first-order chi connectivity index (χ1) is 16.4. The lowest BCUT2D eigenvalue weighted by molar-refractivity contribution is -0.146. The van der Waals surface area contributed by atoms with E-state index in [0.29, 0.717) is 52.1 Å². The van der Waals surface area contributed by atoms with E-state index < -0.39 is 17.8 Å². The molecule has 1 fully saturated rings. The molecule has 1 aromatic heterocycles. The third-order valence-electron chi connectivity index (χ3n) is 6.13. The number of methoxy groups -OCH3 is 1. The number of esters is 2. The van der Waals surface area contributed by atoms with Gasteiger partial charge >= 0.3 is 11.9 Å². The summed E-state index contributed by atoms with van der Waals surface area (Å²) in [5.41, 5.74) is 1.78. The zero-order chi connectivity index (χ0) is 24.2.